The fourth-order valence-electron chi connectivity index (χ4n) is 4.58. The average Bonchev–Trinajstić information content (AvgIpc) is 3.51. The number of carbonyl (C=O) groups is 1. The molecular formula is C25H29FN6OS. The number of amides is 1. The zero-order valence-electron chi connectivity index (χ0n) is 19.2. The van der Waals surface area contributed by atoms with Gasteiger partial charge in [-0.2, -0.15) is 0 Å². The van der Waals surface area contributed by atoms with Crippen LogP contribution in [0.4, 0.5) is 10.2 Å². The highest BCUT2D eigenvalue weighted by Gasteiger charge is 2.28. The van der Waals surface area contributed by atoms with Crippen LogP contribution in [0, 0.1) is 0 Å². The summed E-state index contributed by atoms with van der Waals surface area (Å²) < 4.78 is 15.4. The van der Waals surface area contributed by atoms with Crippen molar-refractivity contribution in [2.45, 2.75) is 31.7 Å². The molecule has 3 aromatic rings. The molecule has 1 fully saturated rings. The van der Waals surface area contributed by atoms with Gasteiger partial charge in [-0.3, -0.25) is 19.1 Å². The fourth-order valence-corrected chi connectivity index (χ4v) is 5.28. The number of hydrogen-bond acceptors (Lipinski definition) is 6. The number of nitrogens with zero attached hydrogens (tertiary/aromatic N) is 5. The maximum Gasteiger partial charge on any atom is 0.244 e. The van der Waals surface area contributed by atoms with Crippen LogP contribution < -0.4 is 5.32 Å². The van der Waals surface area contributed by atoms with Gasteiger partial charge in [0.2, 0.25) is 5.91 Å². The number of rotatable bonds is 7. The van der Waals surface area contributed by atoms with Crippen molar-refractivity contribution in [3.63, 3.8) is 0 Å². The number of aromatic nitrogens is 3. The van der Waals surface area contributed by atoms with Gasteiger partial charge in [-0.1, -0.05) is 12.1 Å². The maximum atomic E-state index is 13.5. The van der Waals surface area contributed by atoms with Crippen LogP contribution in [0.15, 0.2) is 60.2 Å². The lowest BCUT2D eigenvalue weighted by Crippen LogP contribution is -2.52. The Labute approximate surface area is 202 Å². The van der Waals surface area contributed by atoms with Crippen molar-refractivity contribution >= 4 is 28.7 Å². The Kier molecular flexibility index (Phi) is 6.73. The van der Waals surface area contributed by atoms with Crippen LogP contribution in [0.1, 0.15) is 29.8 Å². The minimum Gasteiger partial charge on any atom is -0.358 e. The number of nitrogens with one attached hydrogen (secondary N) is 1. The summed E-state index contributed by atoms with van der Waals surface area (Å²) in [6, 6.07) is 3.86. The summed E-state index contributed by atoms with van der Waals surface area (Å²) in [5.41, 5.74) is 1.49. The summed E-state index contributed by atoms with van der Waals surface area (Å²) in [6.45, 7) is 6.16. The summed E-state index contributed by atoms with van der Waals surface area (Å²) in [5.74, 6) is 0.557. The van der Waals surface area contributed by atoms with E-state index in [0.717, 1.165) is 50.7 Å². The molecule has 1 N–H and O–H groups in total. The molecule has 1 aliphatic carbocycles. The smallest absolute Gasteiger partial charge is 0.244 e. The number of fused-ring (bicyclic) bond motifs is 1. The van der Waals surface area contributed by atoms with Crippen LogP contribution in [0.5, 0.6) is 0 Å². The largest absolute Gasteiger partial charge is 0.358 e. The Morgan fingerprint density at radius 2 is 2.18 bits per heavy atom. The van der Waals surface area contributed by atoms with Gasteiger partial charge in [-0.15, -0.1) is 11.3 Å². The van der Waals surface area contributed by atoms with Crippen molar-refractivity contribution < 1.29 is 9.18 Å². The standard InChI is InChI=1S/C25H29FN6OS/c1-18(25(33)31-14-12-30(13-15-31)10-8-21-3-2-16-34-21)28-24-23(19-4-6-20(26)7-5-19)29-22-17-27-9-11-32(22)24/h2-4,6-7,9,11,16-19,28H,5,8,10,12-15H2,1H3. The van der Waals surface area contributed by atoms with Crippen molar-refractivity contribution in [1.82, 2.24) is 24.2 Å². The third-order valence-electron chi connectivity index (χ3n) is 6.53. The van der Waals surface area contributed by atoms with Crippen molar-refractivity contribution in [3.05, 3.63) is 70.7 Å². The Morgan fingerprint density at radius 1 is 1.32 bits per heavy atom. The second-order valence-corrected chi connectivity index (χ2v) is 9.84. The topological polar surface area (TPSA) is 65.8 Å². The fraction of sp³-hybridized carbons (Fsp3) is 0.400. The highest BCUT2D eigenvalue weighted by molar-refractivity contribution is 7.09. The molecule has 0 spiro atoms. The van der Waals surface area contributed by atoms with Crippen LogP contribution in [-0.4, -0.2) is 68.8 Å². The molecule has 2 unspecified atom stereocenters. The van der Waals surface area contributed by atoms with Crippen molar-refractivity contribution in [2.24, 2.45) is 0 Å². The van der Waals surface area contributed by atoms with Gasteiger partial charge in [0.15, 0.2) is 5.65 Å². The Hall–Kier alpha value is -3.04. The van der Waals surface area contributed by atoms with E-state index >= 15 is 0 Å². The number of carbonyl (C=O) groups excluding carboxylic acids is 1. The van der Waals surface area contributed by atoms with Crippen LogP contribution >= 0.6 is 11.3 Å². The lowest BCUT2D eigenvalue weighted by molar-refractivity contribution is -0.133. The second-order valence-electron chi connectivity index (χ2n) is 8.80. The van der Waals surface area contributed by atoms with Crippen LogP contribution in [-0.2, 0) is 11.2 Å². The molecule has 2 atom stereocenters. The van der Waals surface area contributed by atoms with E-state index in [-0.39, 0.29) is 17.7 Å². The van der Waals surface area contributed by atoms with Crippen LogP contribution in [0.2, 0.25) is 0 Å². The van der Waals surface area contributed by atoms with E-state index in [2.05, 4.69) is 32.7 Å². The van der Waals surface area contributed by atoms with E-state index in [1.807, 2.05) is 28.5 Å². The molecule has 0 bridgehead atoms. The van der Waals surface area contributed by atoms with Crippen LogP contribution in [0.3, 0.4) is 0 Å². The number of piperazine rings is 1. The highest BCUT2D eigenvalue weighted by atomic mass is 32.1. The first kappa shape index (κ1) is 22.7. The molecule has 34 heavy (non-hydrogen) atoms. The number of thiophene rings is 1. The third-order valence-corrected chi connectivity index (χ3v) is 7.46. The average molecular weight is 481 g/mol. The van der Waals surface area contributed by atoms with Gasteiger partial charge in [0.25, 0.3) is 0 Å². The molecule has 1 saturated heterocycles. The predicted molar refractivity (Wildman–Crippen MR) is 133 cm³/mol. The summed E-state index contributed by atoms with van der Waals surface area (Å²) in [4.78, 5) is 28.0. The van der Waals surface area contributed by atoms with Gasteiger partial charge in [-0.05, 0) is 43.4 Å². The molecule has 7 nitrogen and oxygen atoms in total. The Balaban J connectivity index is 1.24. The van der Waals surface area contributed by atoms with Gasteiger partial charge >= 0.3 is 0 Å². The molecule has 1 amide bonds. The normalized spacial score (nSPS) is 19.9. The molecular weight excluding hydrogens is 451 g/mol. The maximum absolute atomic E-state index is 13.5. The summed E-state index contributed by atoms with van der Waals surface area (Å²) >= 11 is 1.80. The van der Waals surface area contributed by atoms with E-state index in [4.69, 9.17) is 4.98 Å². The van der Waals surface area contributed by atoms with Crippen molar-refractivity contribution in [1.29, 1.82) is 0 Å². The van der Waals surface area contributed by atoms with Gasteiger partial charge in [-0.25, -0.2) is 9.37 Å². The molecule has 1 aliphatic heterocycles. The number of halogens is 1. The lowest BCUT2D eigenvalue weighted by atomic mass is 9.96. The summed E-state index contributed by atoms with van der Waals surface area (Å²) in [5, 5.41) is 5.53. The first-order valence-corrected chi connectivity index (χ1v) is 12.6. The molecule has 0 saturated carbocycles. The molecule has 5 rings (SSSR count). The molecule has 0 radical (unpaired) electrons. The molecule has 9 heteroatoms. The van der Waals surface area contributed by atoms with E-state index in [0.29, 0.717) is 12.1 Å². The molecule has 0 aromatic carbocycles. The zero-order valence-corrected chi connectivity index (χ0v) is 20.0. The number of allylic oxidation sites excluding steroid dienone is 4. The predicted octanol–water partition coefficient (Wildman–Crippen LogP) is 3.88. The van der Waals surface area contributed by atoms with E-state index in [9.17, 15) is 9.18 Å². The molecule has 2 aliphatic rings. The number of hydrogen-bond donors (Lipinski definition) is 1. The molecule has 4 heterocycles. The van der Waals surface area contributed by atoms with Gasteiger partial charge < -0.3 is 10.2 Å². The monoisotopic (exact) mass is 480 g/mol. The molecule has 3 aromatic heterocycles. The summed E-state index contributed by atoms with van der Waals surface area (Å²) in [7, 11) is 0. The zero-order chi connectivity index (χ0) is 23.5. The van der Waals surface area contributed by atoms with Crippen molar-refractivity contribution in [3.8, 4) is 0 Å². The Bertz CT molecular complexity index is 1200. The van der Waals surface area contributed by atoms with Gasteiger partial charge in [0, 0.05) is 55.9 Å². The number of imidazole rings is 1. The van der Waals surface area contributed by atoms with Crippen molar-refractivity contribution in [2.75, 3.05) is 38.0 Å². The lowest BCUT2D eigenvalue weighted by Gasteiger charge is -2.36. The third kappa shape index (κ3) is 4.90. The first-order chi connectivity index (χ1) is 16.6. The summed E-state index contributed by atoms with van der Waals surface area (Å²) in [6.07, 6.45) is 11.7. The minimum absolute atomic E-state index is 0.0592. The SMILES string of the molecule is CC(Nc1c(C2C=CC(F)=CC2)nc2cnccn12)C(=O)N1CCN(CCc2cccs2)CC1. The second kappa shape index (κ2) is 10.1. The van der Waals surface area contributed by atoms with E-state index < -0.39 is 6.04 Å². The quantitative estimate of drug-likeness (QED) is 0.556. The van der Waals surface area contributed by atoms with E-state index in [1.54, 1.807) is 29.8 Å². The van der Waals surface area contributed by atoms with Gasteiger partial charge in [0.05, 0.1) is 11.9 Å². The highest BCUT2D eigenvalue weighted by Crippen LogP contribution is 2.32. The molecule has 178 valence electrons. The minimum atomic E-state index is -0.413. The first-order valence-electron chi connectivity index (χ1n) is 11.7. The Morgan fingerprint density at radius 3 is 2.91 bits per heavy atom. The van der Waals surface area contributed by atoms with E-state index in [1.165, 1.54) is 11.0 Å². The number of anilines is 1. The van der Waals surface area contributed by atoms with Gasteiger partial charge in [0.1, 0.15) is 17.7 Å². The van der Waals surface area contributed by atoms with Crippen LogP contribution in [0.25, 0.3) is 5.65 Å².